The largest absolute Gasteiger partial charge is 0.420 e. The second-order valence-electron chi connectivity index (χ2n) is 2.78. The first kappa shape index (κ1) is 8.71. The number of allylic oxidation sites excluding steroid dienone is 1. The predicted molar refractivity (Wildman–Crippen MR) is 47.0 cm³/mol. The van der Waals surface area contributed by atoms with Gasteiger partial charge in [0.05, 0.1) is 5.69 Å². The quantitative estimate of drug-likeness (QED) is 0.635. The molecule has 0 saturated carbocycles. The van der Waals surface area contributed by atoms with Gasteiger partial charge in [-0.2, -0.15) is 0 Å². The van der Waals surface area contributed by atoms with Gasteiger partial charge in [0.2, 0.25) is 0 Å². The van der Waals surface area contributed by atoms with Crippen molar-refractivity contribution >= 4 is 5.57 Å². The van der Waals surface area contributed by atoms with E-state index in [0.717, 1.165) is 5.57 Å². The summed E-state index contributed by atoms with van der Waals surface area (Å²) in [6, 6.07) is 0. The van der Waals surface area contributed by atoms with Crippen molar-refractivity contribution in [3.05, 3.63) is 34.1 Å². The van der Waals surface area contributed by atoms with Crippen molar-refractivity contribution in [1.82, 2.24) is 4.98 Å². The van der Waals surface area contributed by atoms with E-state index < -0.39 is 5.63 Å². The number of hydrogen-bond acceptors (Lipinski definition) is 3. The van der Waals surface area contributed by atoms with E-state index in [2.05, 4.69) is 11.6 Å². The van der Waals surface area contributed by atoms with E-state index in [0.29, 0.717) is 17.1 Å². The predicted octanol–water partition coefficient (Wildman–Crippen LogP) is 1.68. The van der Waals surface area contributed by atoms with Gasteiger partial charge in [0.25, 0.3) is 0 Å². The first-order chi connectivity index (χ1) is 5.52. The summed E-state index contributed by atoms with van der Waals surface area (Å²) in [4.78, 5) is 15.1. The standard InChI is InChI=1S/C9H11NO2/c1-5(2)8-6(3)10-7(4)9(11)12-8/h1H2,2-4H3. The second-order valence-corrected chi connectivity index (χ2v) is 2.78. The summed E-state index contributed by atoms with van der Waals surface area (Å²) in [6.45, 7) is 8.88. The first-order valence-corrected chi connectivity index (χ1v) is 3.66. The first-order valence-electron chi connectivity index (χ1n) is 3.66. The van der Waals surface area contributed by atoms with Crippen molar-refractivity contribution < 1.29 is 4.42 Å². The molecule has 0 atom stereocenters. The molecule has 0 saturated heterocycles. The Morgan fingerprint density at radius 2 is 2.00 bits per heavy atom. The molecule has 0 bridgehead atoms. The molecule has 12 heavy (non-hydrogen) atoms. The Kier molecular flexibility index (Phi) is 2.13. The highest BCUT2D eigenvalue weighted by Crippen LogP contribution is 2.12. The Labute approximate surface area is 70.8 Å². The molecule has 0 aliphatic heterocycles. The fraction of sp³-hybridized carbons (Fsp3) is 0.333. The maximum atomic E-state index is 11.0. The molecule has 0 spiro atoms. The monoisotopic (exact) mass is 165 g/mol. The number of aryl methyl sites for hydroxylation is 2. The molecule has 1 rings (SSSR count). The van der Waals surface area contributed by atoms with E-state index in [4.69, 9.17) is 4.42 Å². The fourth-order valence-electron chi connectivity index (χ4n) is 0.984. The van der Waals surface area contributed by atoms with Gasteiger partial charge >= 0.3 is 5.63 Å². The van der Waals surface area contributed by atoms with E-state index in [9.17, 15) is 4.79 Å². The van der Waals surface area contributed by atoms with Crippen LogP contribution in [0.1, 0.15) is 24.1 Å². The van der Waals surface area contributed by atoms with Gasteiger partial charge in [-0.15, -0.1) is 0 Å². The Balaban J connectivity index is 3.43. The number of nitrogens with zero attached hydrogens (tertiary/aromatic N) is 1. The molecule has 64 valence electrons. The van der Waals surface area contributed by atoms with Crippen molar-refractivity contribution in [1.29, 1.82) is 0 Å². The topological polar surface area (TPSA) is 43.1 Å². The van der Waals surface area contributed by atoms with Crippen LogP contribution in [0.25, 0.3) is 5.57 Å². The average Bonchev–Trinajstić information content (AvgIpc) is 1.96. The maximum Gasteiger partial charge on any atom is 0.357 e. The smallest absolute Gasteiger partial charge is 0.357 e. The van der Waals surface area contributed by atoms with Crippen LogP contribution < -0.4 is 5.63 Å². The lowest BCUT2D eigenvalue weighted by molar-refractivity contribution is 0.477. The SMILES string of the molecule is C=C(C)c1oc(=O)c(C)nc1C. The lowest BCUT2D eigenvalue weighted by Gasteiger charge is -2.01. The Hall–Kier alpha value is -1.38. The molecule has 1 heterocycles. The van der Waals surface area contributed by atoms with Crippen molar-refractivity contribution in [2.75, 3.05) is 0 Å². The van der Waals surface area contributed by atoms with Crippen LogP contribution >= 0.6 is 0 Å². The molecular formula is C9H11NO2. The summed E-state index contributed by atoms with van der Waals surface area (Å²) in [5.74, 6) is 0.491. The van der Waals surface area contributed by atoms with Crippen LogP contribution in [0, 0.1) is 13.8 Å². The molecular weight excluding hydrogens is 154 g/mol. The number of aromatic nitrogens is 1. The molecule has 0 aliphatic carbocycles. The molecule has 3 nitrogen and oxygen atoms in total. The van der Waals surface area contributed by atoms with Crippen LogP contribution in [0.3, 0.4) is 0 Å². The number of hydrogen-bond donors (Lipinski definition) is 0. The molecule has 0 fully saturated rings. The molecule has 0 aromatic carbocycles. The van der Waals surface area contributed by atoms with Crippen molar-refractivity contribution in [2.24, 2.45) is 0 Å². The van der Waals surface area contributed by atoms with E-state index >= 15 is 0 Å². The third kappa shape index (κ3) is 1.44. The van der Waals surface area contributed by atoms with Gasteiger partial charge in [0.1, 0.15) is 5.69 Å². The molecule has 3 heteroatoms. The normalized spacial score (nSPS) is 9.92. The highest BCUT2D eigenvalue weighted by atomic mass is 16.4. The summed E-state index contributed by atoms with van der Waals surface area (Å²) in [5.41, 5.74) is 1.42. The maximum absolute atomic E-state index is 11.0. The van der Waals surface area contributed by atoms with Crippen LogP contribution in [-0.4, -0.2) is 4.98 Å². The molecule has 0 N–H and O–H groups in total. The summed E-state index contributed by atoms with van der Waals surface area (Å²) < 4.78 is 4.98. The minimum atomic E-state index is -0.390. The summed E-state index contributed by atoms with van der Waals surface area (Å²) in [5, 5.41) is 0. The lowest BCUT2D eigenvalue weighted by Crippen LogP contribution is -2.09. The van der Waals surface area contributed by atoms with Crippen LogP contribution in [0.5, 0.6) is 0 Å². The van der Waals surface area contributed by atoms with Crippen LogP contribution in [-0.2, 0) is 0 Å². The van der Waals surface area contributed by atoms with Crippen molar-refractivity contribution in [2.45, 2.75) is 20.8 Å². The zero-order valence-corrected chi connectivity index (χ0v) is 7.47. The minimum absolute atomic E-state index is 0.387. The third-order valence-electron chi connectivity index (χ3n) is 1.54. The van der Waals surface area contributed by atoms with Crippen LogP contribution in [0.15, 0.2) is 15.8 Å². The van der Waals surface area contributed by atoms with Gasteiger partial charge in [-0.3, -0.25) is 0 Å². The van der Waals surface area contributed by atoms with E-state index in [1.807, 2.05) is 0 Å². The third-order valence-corrected chi connectivity index (χ3v) is 1.54. The van der Waals surface area contributed by atoms with E-state index in [1.165, 1.54) is 0 Å². The van der Waals surface area contributed by atoms with Crippen LogP contribution in [0.4, 0.5) is 0 Å². The van der Waals surface area contributed by atoms with Crippen molar-refractivity contribution in [3.63, 3.8) is 0 Å². The molecule has 0 amide bonds. The summed E-state index contributed by atoms with van der Waals surface area (Å²) in [6.07, 6.45) is 0. The van der Waals surface area contributed by atoms with Gasteiger partial charge in [-0.25, -0.2) is 9.78 Å². The van der Waals surface area contributed by atoms with E-state index in [1.54, 1.807) is 20.8 Å². The second kappa shape index (κ2) is 2.93. The Morgan fingerprint density at radius 3 is 2.50 bits per heavy atom. The zero-order chi connectivity index (χ0) is 9.30. The van der Waals surface area contributed by atoms with Gasteiger partial charge in [-0.05, 0) is 26.3 Å². The number of rotatable bonds is 1. The molecule has 1 aromatic rings. The molecule has 0 radical (unpaired) electrons. The minimum Gasteiger partial charge on any atom is -0.420 e. The van der Waals surface area contributed by atoms with Gasteiger partial charge < -0.3 is 4.42 Å². The average molecular weight is 165 g/mol. The zero-order valence-electron chi connectivity index (χ0n) is 7.47. The van der Waals surface area contributed by atoms with Gasteiger partial charge in [0.15, 0.2) is 5.76 Å². The van der Waals surface area contributed by atoms with Crippen LogP contribution in [0.2, 0.25) is 0 Å². The summed E-state index contributed by atoms with van der Waals surface area (Å²) >= 11 is 0. The Morgan fingerprint density at radius 1 is 1.42 bits per heavy atom. The Bertz CT molecular complexity index is 377. The highest BCUT2D eigenvalue weighted by molar-refractivity contribution is 5.57. The molecule has 1 aromatic heterocycles. The lowest BCUT2D eigenvalue weighted by atomic mass is 10.2. The van der Waals surface area contributed by atoms with Gasteiger partial charge in [-0.1, -0.05) is 6.58 Å². The van der Waals surface area contributed by atoms with Crippen molar-refractivity contribution in [3.8, 4) is 0 Å². The van der Waals surface area contributed by atoms with Gasteiger partial charge in [0, 0.05) is 0 Å². The highest BCUT2D eigenvalue weighted by Gasteiger charge is 2.06. The molecule has 0 unspecified atom stereocenters. The molecule has 0 aliphatic rings. The fourth-order valence-corrected chi connectivity index (χ4v) is 0.984. The van der Waals surface area contributed by atoms with E-state index in [-0.39, 0.29) is 0 Å². The summed E-state index contributed by atoms with van der Waals surface area (Å²) in [7, 11) is 0.